The van der Waals surface area contributed by atoms with Gasteiger partial charge in [-0.3, -0.25) is 9.78 Å². The number of nitrogens with zero attached hydrogens (tertiary/aromatic N) is 4. The van der Waals surface area contributed by atoms with Gasteiger partial charge in [-0.1, -0.05) is 12.1 Å². The van der Waals surface area contributed by atoms with Crippen LogP contribution in [-0.2, 0) is 11.3 Å². The molecule has 0 aliphatic carbocycles. The molecule has 0 saturated heterocycles. The van der Waals surface area contributed by atoms with Crippen molar-refractivity contribution >= 4 is 23.2 Å². The first-order chi connectivity index (χ1) is 16.2. The molecule has 0 spiro atoms. The number of anilines is 3. The summed E-state index contributed by atoms with van der Waals surface area (Å²) in [5.74, 6) is 1.75. The average Bonchev–Trinajstić information content (AvgIpc) is 2.86. The van der Waals surface area contributed by atoms with Crippen molar-refractivity contribution in [2.24, 2.45) is 0 Å². The maximum atomic E-state index is 12.7. The lowest BCUT2D eigenvalue weighted by molar-refractivity contribution is -0.121. The molecule has 3 heterocycles. The number of methoxy groups -OCH3 is 1. The van der Waals surface area contributed by atoms with Crippen molar-refractivity contribution in [1.82, 2.24) is 15.0 Å². The molecule has 2 aromatic carbocycles. The summed E-state index contributed by atoms with van der Waals surface area (Å²) in [6.07, 6.45) is 5.16. The van der Waals surface area contributed by atoms with Gasteiger partial charge in [-0.2, -0.15) is 0 Å². The first-order valence-corrected chi connectivity index (χ1v) is 10.4. The van der Waals surface area contributed by atoms with Gasteiger partial charge < -0.3 is 19.7 Å². The average molecular weight is 439 g/mol. The van der Waals surface area contributed by atoms with Crippen LogP contribution in [0, 0.1) is 0 Å². The number of pyridine rings is 1. The number of rotatable bonds is 6. The monoisotopic (exact) mass is 439 g/mol. The van der Waals surface area contributed by atoms with Crippen molar-refractivity contribution in [2.45, 2.75) is 6.54 Å². The van der Waals surface area contributed by atoms with Gasteiger partial charge in [0.15, 0.2) is 6.61 Å². The topological polar surface area (TPSA) is 89.5 Å². The van der Waals surface area contributed by atoms with Crippen molar-refractivity contribution in [3.8, 4) is 22.8 Å². The molecule has 0 radical (unpaired) electrons. The summed E-state index contributed by atoms with van der Waals surface area (Å²) in [6.45, 7) is 0.424. The Balaban J connectivity index is 1.45. The normalized spacial score (nSPS) is 12.6. The smallest absolute Gasteiger partial charge is 0.265 e. The number of hydrogen-bond donors (Lipinski definition) is 1. The van der Waals surface area contributed by atoms with E-state index in [1.165, 1.54) is 0 Å². The van der Waals surface area contributed by atoms with E-state index in [4.69, 9.17) is 9.47 Å². The van der Waals surface area contributed by atoms with Gasteiger partial charge >= 0.3 is 0 Å². The van der Waals surface area contributed by atoms with Gasteiger partial charge in [0.2, 0.25) is 5.95 Å². The highest BCUT2D eigenvalue weighted by Crippen LogP contribution is 2.36. The molecule has 2 aromatic heterocycles. The van der Waals surface area contributed by atoms with Crippen LogP contribution in [0.4, 0.5) is 17.3 Å². The Hall–Kier alpha value is -4.46. The molecule has 0 saturated carbocycles. The summed E-state index contributed by atoms with van der Waals surface area (Å²) in [7, 11) is 1.62. The molecule has 5 rings (SSSR count). The van der Waals surface area contributed by atoms with Crippen LogP contribution in [-0.4, -0.2) is 34.6 Å². The largest absolute Gasteiger partial charge is 0.497 e. The number of hydrogen-bond acceptors (Lipinski definition) is 7. The van der Waals surface area contributed by atoms with E-state index in [2.05, 4.69) is 20.3 Å². The van der Waals surface area contributed by atoms with Crippen molar-refractivity contribution in [1.29, 1.82) is 0 Å². The van der Waals surface area contributed by atoms with Crippen LogP contribution in [0.25, 0.3) is 11.3 Å². The van der Waals surface area contributed by atoms with Crippen LogP contribution in [0.3, 0.4) is 0 Å². The summed E-state index contributed by atoms with van der Waals surface area (Å²) < 4.78 is 10.9. The Morgan fingerprint density at radius 1 is 1.09 bits per heavy atom. The zero-order valence-electron chi connectivity index (χ0n) is 17.9. The van der Waals surface area contributed by atoms with Gasteiger partial charge in [-0.25, -0.2) is 9.97 Å². The second-order valence-electron chi connectivity index (χ2n) is 7.43. The van der Waals surface area contributed by atoms with E-state index < -0.39 is 0 Å². The van der Waals surface area contributed by atoms with E-state index in [0.29, 0.717) is 23.9 Å². The molecule has 33 heavy (non-hydrogen) atoms. The fourth-order valence-corrected chi connectivity index (χ4v) is 3.62. The van der Waals surface area contributed by atoms with Gasteiger partial charge in [-0.05, 0) is 48.0 Å². The Labute approximate surface area is 190 Å². The summed E-state index contributed by atoms with van der Waals surface area (Å²) >= 11 is 0. The molecule has 1 N–H and O–H groups in total. The third-order valence-electron chi connectivity index (χ3n) is 5.24. The molecular weight excluding hydrogens is 418 g/mol. The van der Waals surface area contributed by atoms with Crippen LogP contribution in [0.15, 0.2) is 79.3 Å². The number of aromatic nitrogens is 3. The Kier molecular flexibility index (Phi) is 5.55. The first kappa shape index (κ1) is 20.4. The molecule has 164 valence electrons. The van der Waals surface area contributed by atoms with Crippen LogP contribution in [0.5, 0.6) is 11.5 Å². The quantitative estimate of drug-likeness (QED) is 0.481. The predicted octanol–water partition coefficient (Wildman–Crippen LogP) is 4.22. The molecule has 0 bridgehead atoms. The highest BCUT2D eigenvalue weighted by Gasteiger charge is 2.26. The maximum Gasteiger partial charge on any atom is 0.265 e. The molecule has 1 aliphatic heterocycles. The summed E-state index contributed by atoms with van der Waals surface area (Å²) in [5.41, 5.74) is 4.03. The second-order valence-corrected chi connectivity index (χ2v) is 7.43. The third kappa shape index (κ3) is 4.45. The first-order valence-electron chi connectivity index (χ1n) is 10.4. The number of fused-ring (bicyclic) bond motifs is 1. The minimum atomic E-state index is -0.105. The molecule has 0 atom stereocenters. The summed E-state index contributed by atoms with van der Waals surface area (Å²) in [5, 5.41) is 3.20. The minimum Gasteiger partial charge on any atom is -0.497 e. The van der Waals surface area contributed by atoms with Crippen molar-refractivity contribution in [3.05, 3.63) is 84.8 Å². The lowest BCUT2D eigenvalue weighted by Gasteiger charge is -2.29. The Morgan fingerprint density at radius 2 is 2.03 bits per heavy atom. The Morgan fingerprint density at radius 3 is 2.88 bits per heavy atom. The van der Waals surface area contributed by atoms with Crippen LogP contribution in [0.1, 0.15) is 5.56 Å². The fraction of sp³-hybridized carbons (Fsp3) is 0.120. The van der Waals surface area contributed by atoms with Crippen molar-refractivity contribution in [3.63, 3.8) is 0 Å². The predicted molar refractivity (Wildman–Crippen MR) is 125 cm³/mol. The zero-order valence-corrected chi connectivity index (χ0v) is 17.9. The molecule has 4 aromatic rings. The third-order valence-corrected chi connectivity index (χ3v) is 5.24. The molecule has 1 amide bonds. The lowest BCUT2D eigenvalue weighted by Crippen LogP contribution is -2.38. The number of ether oxygens (including phenoxy) is 2. The molecular formula is C25H21N5O3. The van der Waals surface area contributed by atoms with Crippen molar-refractivity contribution in [2.75, 3.05) is 23.9 Å². The van der Waals surface area contributed by atoms with Gasteiger partial charge in [0.05, 0.1) is 25.0 Å². The van der Waals surface area contributed by atoms with E-state index in [9.17, 15) is 4.79 Å². The number of carbonyl (C=O) groups is 1. The number of nitrogens with one attached hydrogen (secondary N) is 1. The van der Waals surface area contributed by atoms with Crippen LogP contribution < -0.4 is 19.7 Å². The standard InChI is InChI=1S/C25H21N5O3/c1-32-20-6-2-5-19(13-20)28-25-27-11-9-21(29-25)18-7-8-23-22(12-18)30(24(31)16-33-23)15-17-4-3-10-26-14-17/h2-14H,15-16H2,1H3,(H,27,28,29). The molecule has 8 nitrogen and oxygen atoms in total. The summed E-state index contributed by atoms with van der Waals surface area (Å²) in [6, 6.07) is 18.9. The van der Waals surface area contributed by atoms with Crippen LogP contribution in [0.2, 0.25) is 0 Å². The molecule has 0 fully saturated rings. The second kappa shape index (κ2) is 8.96. The Bertz CT molecular complexity index is 1300. The molecule has 8 heteroatoms. The minimum absolute atomic E-state index is 0.00865. The van der Waals surface area contributed by atoms with E-state index in [0.717, 1.165) is 28.3 Å². The molecule has 0 unspecified atom stereocenters. The zero-order chi connectivity index (χ0) is 22.6. The van der Waals surface area contributed by atoms with Crippen LogP contribution >= 0.6 is 0 Å². The number of benzene rings is 2. The van der Waals surface area contributed by atoms with E-state index in [-0.39, 0.29) is 12.5 Å². The highest BCUT2D eigenvalue weighted by molar-refractivity contribution is 5.98. The van der Waals surface area contributed by atoms with Gasteiger partial charge in [0.25, 0.3) is 5.91 Å². The van der Waals surface area contributed by atoms with Gasteiger partial charge in [-0.15, -0.1) is 0 Å². The van der Waals surface area contributed by atoms with E-state index in [1.54, 1.807) is 30.6 Å². The lowest BCUT2D eigenvalue weighted by atomic mass is 10.1. The van der Waals surface area contributed by atoms with Gasteiger partial charge in [0.1, 0.15) is 11.5 Å². The summed E-state index contributed by atoms with van der Waals surface area (Å²) in [4.78, 5) is 27.5. The number of carbonyl (C=O) groups excluding carboxylic acids is 1. The fourth-order valence-electron chi connectivity index (χ4n) is 3.62. The maximum absolute atomic E-state index is 12.7. The van der Waals surface area contributed by atoms with Crippen molar-refractivity contribution < 1.29 is 14.3 Å². The molecule has 1 aliphatic rings. The van der Waals surface area contributed by atoms with E-state index >= 15 is 0 Å². The SMILES string of the molecule is COc1cccc(Nc2nccc(-c3ccc4c(c3)N(Cc3cccnc3)C(=O)CO4)n2)c1. The van der Waals surface area contributed by atoms with Gasteiger partial charge in [0, 0.05) is 35.9 Å². The highest BCUT2D eigenvalue weighted by atomic mass is 16.5. The van der Waals surface area contributed by atoms with E-state index in [1.807, 2.05) is 60.7 Å². The number of amides is 1.